The van der Waals surface area contributed by atoms with Crippen molar-refractivity contribution in [3.8, 4) is 0 Å². The number of halogens is 1. The van der Waals surface area contributed by atoms with Crippen molar-refractivity contribution < 1.29 is 9.84 Å². The van der Waals surface area contributed by atoms with E-state index in [-0.39, 0.29) is 0 Å². The first-order chi connectivity index (χ1) is 9.41. The maximum Gasteiger partial charge on any atom is -0.00773 e. The molecule has 0 rings (SSSR count). The van der Waals surface area contributed by atoms with Gasteiger partial charge in [-0.3, -0.25) is 0 Å². The van der Waals surface area contributed by atoms with Gasteiger partial charge in [0.25, 0.3) is 0 Å². The number of hydrogen-bond donors (Lipinski definition) is 2. The molecule has 2 nitrogen and oxygen atoms in total. The molecule has 3 N–H and O–H groups in total. The van der Waals surface area contributed by atoms with Crippen molar-refractivity contribution in [2.75, 3.05) is 6.54 Å². The molecule has 3 heteroatoms. The fraction of sp³-hybridized carbons (Fsp3) is 1.00. The van der Waals surface area contributed by atoms with Crippen LogP contribution in [-0.4, -0.2) is 11.9 Å². The summed E-state index contributed by atoms with van der Waals surface area (Å²) in [5.41, 5.74) is 5.47. The Balaban J connectivity index is 0. The normalized spacial score (nSPS) is 10.1. The van der Waals surface area contributed by atoms with Crippen molar-refractivity contribution in [1.82, 2.24) is 0 Å². The highest BCUT2D eigenvalue weighted by Gasteiger charge is 1.93. The van der Waals surface area contributed by atoms with Gasteiger partial charge >= 0.3 is 0 Å². The van der Waals surface area contributed by atoms with Gasteiger partial charge < -0.3 is 5.73 Å². The summed E-state index contributed by atoms with van der Waals surface area (Å²) in [4.78, 5) is 0. The molecule has 0 fully saturated rings. The Morgan fingerprint density at radius 3 is 1.11 bits per heavy atom. The predicted octanol–water partition coefficient (Wildman–Crippen LogP) is 5.29. The average molecular weight is 277 g/mol. The zero-order valence-corrected chi connectivity index (χ0v) is 13.0. The summed E-state index contributed by atoms with van der Waals surface area (Å²) in [5.74, 6) is 0. The number of rotatable bonds is 14. The zero-order valence-electron chi connectivity index (χ0n) is 13.0. The van der Waals surface area contributed by atoms with Crippen LogP contribution >= 0.6 is 0 Å². The molecule has 0 saturated carbocycles. The minimum Gasteiger partial charge on any atom is -0.330 e. The molecule has 0 saturated heterocycles. The molecule has 0 aliphatic carbocycles. The summed E-state index contributed by atoms with van der Waals surface area (Å²) < 4.78 is 8.50. The highest BCUT2D eigenvalue weighted by atomic mass is 19.3. The van der Waals surface area contributed by atoms with E-state index in [1.54, 1.807) is 0 Å². The van der Waals surface area contributed by atoms with Crippen LogP contribution in [0.25, 0.3) is 0 Å². The predicted molar refractivity (Wildman–Crippen MR) is 82.7 cm³/mol. The Kier molecular flexibility index (Phi) is 25.6. The van der Waals surface area contributed by atoms with Crippen LogP contribution < -0.4 is 5.73 Å². The Hall–Kier alpha value is -0.150. The van der Waals surface area contributed by atoms with Gasteiger partial charge in [0.1, 0.15) is 0 Å². The second-order valence-electron chi connectivity index (χ2n) is 5.38. The minimum absolute atomic E-state index is 0.873. The van der Waals surface area contributed by atoms with Gasteiger partial charge in [0.2, 0.25) is 0 Å². The zero-order chi connectivity index (χ0) is 14.6. The lowest BCUT2D eigenvalue weighted by molar-refractivity contribution is -0.0441. The minimum atomic E-state index is 0.873. The molecule has 0 unspecified atom stereocenters. The first-order valence-electron chi connectivity index (χ1n) is 8.28. The van der Waals surface area contributed by atoms with Crippen molar-refractivity contribution in [3.05, 3.63) is 0 Å². The van der Waals surface area contributed by atoms with Crippen LogP contribution in [0.1, 0.15) is 96.8 Å². The van der Waals surface area contributed by atoms with Crippen LogP contribution in [0.2, 0.25) is 0 Å². The van der Waals surface area contributed by atoms with Gasteiger partial charge in [0.15, 0.2) is 0 Å². The molecule has 0 bridgehead atoms. The van der Waals surface area contributed by atoms with E-state index in [1.165, 1.54) is 89.9 Å². The third-order valence-electron chi connectivity index (χ3n) is 3.56. The molecule has 0 amide bonds. The Morgan fingerprint density at radius 2 is 0.842 bits per heavy atom. The molecule has 0 atom stereocenters. The molecule has 19 heavy (non-hydrogen) atoms. The van der Waals surface area contributed by atoms with Gasteiger partial charge in [-0.05, 0) is 13.0 Å². The van der Waals surface area contributed by atoms with E-state index < -0.39 is 0 Å². The van der Waals surface area contributed by atoms with Gasteiger partial charge in [-0.1, -0.05) is 94.9 Å². The molecular formula is C16H36FNO. The average Bonchev–Trinajstić information content (AvgIpc) is 2.46. The van der Waals surface area contributed by atoms with Crippen molar-refractivity contribution in [1.29, 1.82) is 0 Å². The molecule has 0 aromatic rings. The maximum atomic E-state index is 8.50. The lowest BCUT2D eigenvalue weighted by Crippen LogP contribution is -1.97. The molecule has 0 radical (unpaired) electrons. The maximum absolute atomic E-state index is 8.50. The molecule has 0 aromatic carbocycles. The molecule has 0 heterocycles. The van der Waals surface area contributed by atoms with Crippen molar-refractivity contribution >= 4 is 0 Å². The Bertz CT molecular complexity index is 120. The van der Waals surface area contributed by atoms with Crippen molar-refractivity contribution in [3.63, 3.8) is 0 Å². The number of hydrogen-bond acceptors (Lipinski definition) is 2. The van der Waals surface area contributed by atoms with Gasteiger partial charge in [-0.2, -0.15) is 0 Å². The van der Waals surface area contributed by atoms with E-state index in [4.69, 9.17) is 15.6 Å². The SMILES string of the molecule is CCCCCCCCCCCCCCCCN.OF. The molecular weight excluding hydrogens is 241 g/mol. The molecule has 118 valence electrons. The summed E-state index contributed by atoms with van der Waals surface area (Å²) in [6.45, 7) is 3.16. The van der Waals surface area contributed by atoms with E-state index in [1.807, 2.05) is 0 Å². The van der Waals surface area contributed by atoms with Crippen LogP contribution in [-0.2, 0) is 0 Å². The van der Waals surface area contributed by atoms with Crippen LogP contribution in [0, 0.1) is 0 Å². The van der Waals surface area contributed by atoms with Gasteiger partial charge in [0.05, 0.1) is 0 Å². The third kappa shape index (κ3) is 23.4. The topological polar surface area (TPSA) is 46.2 Å². The van der Waals surface area contributed by atoms with E-state index in [0.717, 1.165) is 6.54 Å². The molecule has 0 aromatic heterocycles. The monoisotopic (exact) mass is 277 g/mol. The van der Waals surface area contributed by atoms with E-state index >= 15 is 0 Å². The van der Waals surface area contributed by atoms with E-state index in [2.05, 4.69) is 6.92 Å². The first kappa shape index (κ1) is 21.2. The molecule has 0 aliphatic heterocycles. The second kappa shape index (κ2) is 23.0. The van der Waals surface area contributed by atoms with Crippen molar-refractivity contribution in [2.24, 2.45) is 5.73 Å². The fourth-order valence-electron chi connectivity index (χ4n) is 2.34. The second-order valence-corrected chi connectivity index (χ2v) is 5.38. The van der Waals surface area contributed by atoms with E-state index in [9.17, 15) is 0 Å². The van der Waals surface area contributed by atoms with Crippen LogP contribution in [0.3, 0.4) is 0 Å². The van der Waals surface area contributed by atoms with Crippen LogP contribution in [0.4, 0.5) is 4.53 Å². The Labute approximate surface area is 119 Å². The van der Waals surface area contributed by atoms with E-state index in [0.29, 0.717) is 0 Å². The number of nitrogens with two attached hydrogens (primary N) is 1. The third-order valence-corrected chi connectivity index (χ3v) is 3.56. The lowest BCUT2D eigenvalue weighted by atomic mass is 10.0. The largest absolute Gasteiger partial charge is 0.330 e. The quantitative estimate of drug-likeness (QED) is 0.424. The van der Waals surface area contributed by atoms with Gasteiger partial charge in [-0.25, -0.2) is 5.31 Å². The van der Waals surface area contributed by atoms with Gasteiger partial charge in [0, 0.05) is 0 Å². The van der Waals surface area contributed by atoms with Gasteiger partial charge in [-0.15, -0.1) is 0 Å². The standard InChI is InChI=1S/C16H35N.FHO/c1-2-3-4-5-6-7-8-9-10-11-12-13-14-15-16-17;1-2/h2-17H2,1H3;2H. The highest BCUT2D eigenvalue weighted by molar-refractivity contribution is 4.49. The Morgan fingerprint density at radius 1 is 0.579 bits per heavy atom. The summed E-state index contributed by atoms with van der Waals surface area (Å²) in [7, 11) is 0. The van der Waals surface area contributed by atoms with Crippen LogP contribution in [0.15, 0.2) is 0 Å². The summed E-state index contributed by atoms with van der Waals surface area (Å²) in [5, 5.41) is 5.50. The van der Waals surface area contributed by atoms with Crippen LogP contribution in [0.5, 0.6) is 0 Å². The van der Waals surface area contributed by atoms with Crippen molar-refractivity contribution in [2.45, 2.75) is 96.8 Å². The summed E-state index contributed by atoms with van der Waals surface area (Å²) in [6, 6.07) is 0. The molecule has 0 spiro atoms. The number of unbranched alkanes of at least 4 members (excludes halogenated alkanes) is 13. The fourth-order valence-corrected chi connectivity index (χ4v) is 2.34. The summed E-state index contributed by atoms with van der Waals surface area (Å²) >= 11 is 0. The lowest BCUT2D eigenvalue weighted by Gasteiger charge is -2.02. The first-order valence-corrected chi connectivity index (χ1v) is 8.28. The highest BCUT2D eigenvalue weighted by Crippen LogP contribution is 2.12. The summed E-state index contributed by atoms with van der Waals surface area (Å²) in [6.07, 6.45) is 19.9. The molecule has 0 aliphatic rings. The smallest absolute Gasteiger partial charge is 0.00773 e.